The van der Waals surface area contributed by atoms with Gasteiger partial charge in [-0.1, -0.05) is 36.9 Å². The average Bonchev–Trinajstić information content (AvgIpc) is 2.90. The molecule has 2 heterocycles. The molecule has 4 rings (SSSR count). The minimum absolute atomic E-state index is 0.218. The monoisotopic (exact) mass is 352 g/mol. The summed E-state index contributed by atoms with van der Waals surface area (Å²) in [5.41, 5.74) is 11.1. The highest BCUT2D eigenvalue weighted by Gasteiger charge is 2.49. The van der Waals surface area contributed by atoms with E-state index >= 15 is 0 Å². The number of hydrogen-bond acceptors (Lipinski definition) is 4. The van der Waals surface area contributed by atoms with Crippen LogP contribution in [-0.4, -0.2) is 30.6 Å². The number of aryl methyl sites for hydroxylation is 2. The van der Waals surface area contributed by atoms with Gasteiger partial charge in [0.05, 0.1) is 5.82 Å². The lowest BCUT2D eigenvalue weighted by molar-refractivity contribution is 0.167. The molecule has 2 atom stereocenters. The summed E-state index contributed by atoms with van der Waals surface area (Å²) in [6, 6.07) is 7.27. The number of fused-ring (bicyclic) bond motifs is 2. The zero-order valence-electron chi connectivity index (χ0n) is 16.0. The molecular weight excluding hydrogens is 320 g/mol. The molecule has 0 bridgehead atoms. The number of benzene rings is 1. The topological polar surface area (TPSA) is 53.3 Å². The zero-order chi connectivity index (χ0) is 18.3. The van der Waals surface area contributed by atoms with Crippen LogP contribution in [0.25, 0.3) is 0 Å². The second kappa shape index (κ2) is 6.75. The Labute approximate surface area is 157 Å². The molecule has 0 saturated carbocycles. The molecule has 0 amide bonds. The SMILES string of the molecule is C=C1NC(=C)C2(N1)c1ccc(C)cc1CCC2CCN1CCC(N)CC1. The van der Waals surface area contributed by atoms with Gasteiger partial charge in [0.15, 0.2) is 0 Å². The third kappa shape index (κ3) is 2.95. The molecule has 1 aromatic carbocycles. The van der Waals surface area contributed by atoms with Crippen LogP contribution in [0.3, 0.4) is 0 Å². The van der Waals surface area contributed by atoms with Crippen molar-refractivity contribution < 1.29 is 0 Å². The van der Waals surface area contributed by atoms with E-state index in [4.69, 9.17) is 5.73 Å². The Hall–Kier alpha value is -1.78. The van der Waals surface area contributed by atoms with Gasteiger partial charge < -0.3 is 21.3 Å². The van der Waals surface area contributed by atoms with Crippen LogP contribution in [0.1, 0.15) is 42.4 Å². The Morgan fingerprint density at radius 1 is 1.23 bits per heavy atom. The van der Waals surface area contributed by atoms with Crippen LogP contribution in [0.4, 0.5) is 0 Å². The Morgan fingerprint density at radius 3 is 2.69 bits per heavy atom. The molecule has 4 heteroatoms. The first-order valence-electron chi connectivity index (χ1n) is 10.0. The number of likely N-dealkylation sites (tertiary alicyclic amines) is 1. The zero-order valence-corrected chi connectivity index (χ0v) is 16.0. The first kappa shape index (κ1) is 17.6. The number of nitrogens with two attached hydrogens (primary N) is 1. The summed E-state index contributed by atoms with van der Waals surface area (Å²) >= 11 is 0. The van der Waals surface area contributed by atoms with Gasteiger partial charge in [-0.25, -0.2) is 0 Å². The van der Waals surface area contributed by atoms with Gasteiger partial charge in [-0.15, -0.1) is 0 Å². The minimum atomic E-state index is -0.218. The Bertz CT molecular complexity index is 717. The molecule has 0 aromatic heterocycles. The first-order valence-corrected chi connectivity index (χ1v) is 10.0. The van der Waals surface area contributed by atoms with E-state index < -0.39 is 0 Å². The first-order chi connectivity index (χ1) is 12.5. The Morgan fingerprint density at radius 2 is 2.00 bits per heavy atom. The summed E-state index contributed by atoms with van der Waals surface area (Å²) in [5.74, 6) is 1.39. The van der Waals surface area contributed by atoms with Crippen LogP contribution in [0.15, 0.2) is 42.9 Å². The van der Waals surface area contributed by atoms with Crippen molar-refractivity contribution in [2.45, 2.75) is 50.6 Å². The average molecular weight is 353 g/mol. The van der Waals surface area contributed by atoms with Crippen molar-refractivity contribution in [1.82, 2.24) is 15.5 Å². The third-order valence-corrected chi connectivity index (χ3v) is 6.61. The highest BCUT2D eigenvalue weighted by molar-refractivity contribution is 5.48. The van der Waals surface area contributed by atoms with Gasteiger partial charge in [0, 0.05) is 11.7 Å². The van der Waals surface area contributed by atoms with E-state index in [0.717, 1.165) is 50.4 Å². The van der Waals surface area contributed by atoms with E-state index in [0.29, 0.717) is 12.0 Å². The molecule has 4 nitrogen and oxygen atoms in total. The number of hydrogen-bond donors (Lipinski definition) is 3. The summed E-state index contributed by atoms with van der Waals surface area (Å²) < 4.78 is 0. The fraction of sp³-hybridized carbons (Fsp3) is 0.545. The van der Waals surface area contributed by atoms with Crippen molar-refractivity contribution in [1.29, 1.82) is 0 Å². The van der Waals surface area contributed by atoms with Crippen molar-refractivity contribution in [3.05, 3.63) is 59.6 Å². The molecule has 26 heavy (non-hydrogen) atoms. The van der Waals surface area contributed by atoms with Gasteiger partial charge >= 0.3 is 0 Å². The lowest BCUT2D eigenvalue weighted by atomic mass is 9.66. The molecular formula is C22H32N4. The summed E-state index contributed by atoms with van der Waals surface area (Å²) in [5, 5.41) is 7.07. The van der Waals surface area contributed by atoms with Gasteiger partial charge in [-0.3, -0.25) is 0 Å². The molecule has 3 aliphatic rings. The van der Waals surface area contributed by atoms with Crippen LogP contribution in [0.5, 0.6) is 0 Å². The highest BCUT2D eigenvalue weighted by Crippen LogP contribution is 2.48. The highest BCUT2D eigenvalue weighted by atomic mass is 15.2. The summed E-state index contributed by atoms with van der Waals surface area (Å²) in [7, 11) is 0. The van der Waals surface area contributed by atoms with E-state index in [1.165, 1.54) is 29.5 Å². The maximum atomic E-state index is 6.06. The second-order valence-corrected chi connectivity index (χ2v) is 8.38. The molecule has 2 saturated heterocycles. The summed E-state index contributed by atoms with van der Waals surface area (Å²) in [6.45, 7) is 14.1. The molecule has 2 aliphatic heterocycles. The lowest BCUT2D eigenvalue weighted by Gasteiger charge is -2.44. The van der Waals surface area contributed by atoms with Crippen molar-refractivity contribution in [2.24, 2.45) is 11.7 Å². The quantitative estimate of drug-likeness (QED) is 0.783. The summed E-state index contributed by atoms with van der Waals surface area (Å²) in [4.78, 5) is 2.59. The molecule has 2 fully saturated rings. The van der Waals surface area contributed by atoms with Crippen LogP contribution in [-0.2, 0) is 12.0 Å². The number of nitrogens with zero attached hydrogens (tertiary/aromatic N) is 1. The van der Waals surface area contributed by atoms with Crippen LogP contribution < -0.4 is 16.4 Å². The summed E-state index contributed by atoms with van der Waals surface area (Å²) in [6.07, 6.45) is 5.76. The molecule has 4 N–H and O–H groups in total. The number of nitrogens with one attached hydrogen (secondary N) is 2. The fourth-order valence-electron chi connectivity index (χ4n) is 5.16. The van der Waals surface area contributed by atoms with Crippen LogP contribution in [0.2, 0.25) is 0 Å². The van der Waals surface area contributed by atoms with E-state index in [9.17, 15) is 0 Å². The third-order valence-electron chi connectivity index (χ3n) is 6.61. The predicted octanol–water partition coefficient (Wildman–Crippen LogP) is 2.74. The van der Waals surface area contributed by atoms with Crippen LogP contribution >= 0.6 is 0 Å². The molecule has 1 aliphatic carbocycles. The minimum Gasteiger partial charge on any atom is -0.357 e. The number of rotatable bonds is 3. The predicted molar refractivity (Wildman–Crippen MR) is 107 cm³/mol. The maximum absolute atomic E-state index is 6.06. The van der Waals surface area contributed by atoms with Crippen molar-refractivity contribution in [2.75, 3.05) is 19.6 Å². The molecule has 0 radical (unpaired) electrons. The van der Waals surface area contributed by atoms with Gasteiger partial charge in [0.2, 0.25) is 0 Å². The lowest BCUT2D eigenvalue weighted by Crippen LogP contribution is -2.49. The molecule has 140 valence electrons. The molecule has 1 spiro atoms. The maximum Gasteiger partial charge on any atom is 0.107 e. The standard InChI is InChI=1S/C22H32N4/c1-15-4-7-21-18(14-15)5-6-19(22(21)16(2)24-17(3)25-22)8-11-26-12-9-20(23)10-13-26/h4,7,14,19-20,24-25H,2-3,5-6,8-13,23H2,1H3. The van der Waals surface area contributed by atoms with Gasteiger partial charge in [0.1, 0.15) is 5.54 Å². The van der Waals surface area contributed by atoms with E-state index in [1.807, 2.05) is 0 Å². The normalized spacial score (nSPS) is 29.5. The molecule has 1 aromatic rings. The Kier molecular flexibility index (Phi) is 4.57. The smallest absolute Gasteiger partial charge is 0.107 e. The van der Waals surface area contributed by atoms with Crippen molar-refractivity contribution >= 4 is 0 Å². The second-order valence-electron chi connectivity index (χ2n) is 8.38. The molecule has 2 unspecified atom stereocenters. The van der Waals surface area contributed by atoms with Crippen LogP contribution in [0, 0.1) is 12.8 Å². The Balaban J connectivity index is 1.59. The van der Waals surface area contributed by atoms with E-state index in [-0.39, 0.29) is 5.54 Å². The van der Waals surface area contributed by atoms with Crippen molar-refractivity contribution in [3.8, 4) is 0 Å². The van der Waals surface area contributed by atoms with E-state index in [1.54, 1.807) is 0 Å². The largest absolute Gasteiger partial charge is 0.357 e. The van der Waals surface area contributed by atoms with Crippen molar-refractivity contribution in [3.63, 3.8) is 0 Å². The van der Waals surface area contributed by atoms with E-state index in [2.05, 4.69) is 53.8 Å². The number of piperidine rings is 1. The fourth-order valence-corrected chi connectivity index (χ4v) is 5.16. The van der Waals surface area contributed by atoms with Gasteiger partial charge in [-0.2, -0.15) is 0 Å². The van der Waals surface area contributed by atoms with Gasteiger partial charge in [0.25, 0.3) is 0 Å². The van der Waals surface area contributed by atoms with Gasteiger partial charge in [-0.05, 0) is 75.7 Å².